The van der Waals surface area contributed by atoms with Gasteiger partial charge in [-0.3, -0.25) is 14.7 Å². The number of carboxylic acids is 1. The highest BCUT2D eigenvalue weighted by Gasteiger charge is 2.30. The van der Waals surface area contributed by atoms with E-state index in [9.17, 15) is 9.90 Å². The molecule has 0 amide bonds. The van der Waals surface area contributed by atoms with Gasteiger partial charge in [0.2, 0.25) is 0 Å². The molecule has 4 heterocycles. The van der Waals surface area contributed by atoms with Crippen LogP contribution < -0.4 is 9.80 Å². The molecule has 0 unspecified atom stereocenters. The third-order valence-electron chi connectivity index (χ3n) is 5.71. The third kappa shape index (κ3) is 4.09. The first-order valence-electron chi connectivity index (χ1n) is 10.0. The van der Waals surface area contributed by atoms with Crippen LogP contribution in [0.3, 0.4) is 0 Å². The van der Waals surface area contributed by atoms with E-state index < -0.39 is 12.0 Å². The molecule has 28 heavy (non-hydrogen) atoms. The summed E-state index contributed by atoms with van der Waals surface area (Å²) >= 11 is 0. The molecule has 1 atom stereocenters. The van der Waals surface area contributed by atoms with Crippen LogP contribution in [-0.2, 0) is 4.79 Å². The molecule has 0 radical (unpaired) electrons. The minimum atomic E-state index is -0.815. The van der Waals surface area contributed by atoms with Crippen molar-refractivity contribution in [3.8, 4) is 0 Å². The van der Waals surface area contributed by atoms with Gasteiger partial charge in [0, 0.05) is 63.5 Å². The van der Waals surface area contributed by atoms with E-state index in [0.717, 1.165) is 43.2 Å². The van der Waals surface area contributed by atoms with Gasteiger partial charge in [0.05, 0.1) is 0 Å². The lowest BCUT2D eigenvalue weighted by Crippen LogP contribution is -2.49. The molecule has 148 valence electrons. The molecule has 7 nitrogen and oxygen atoms in total. The van der Waals surface area contributed by atoms with Crippen LogP contribution in [0, 0.1) is 0 Å². The van der Waals surface area contributed by atoms with Crippen LogP contribution in [0.4, 0.5) is 11.5 Å². The molecule has 0 spiro atoms. The van der Waals surface area contributed by atoms with Crippen molar-refractivity contribution in [3.63, 3.8) is 0 Å². The number of pyridine rings is 2. The highest BCUT2D eigenvalue weighted by Crippen LogP contribution is 2.26. The number of carboxylic acid groups (broad SMARTS) is 1. The lowest BCUT2D eigenvalue weighted by atomic mass is 10.1. The molecular formula is C21H27N5O2. The van der Waals surface area contributed by atoms with E-state index >= 15 is 0 Å². The molecule has 2 aliphatic heterocycles. The van der Waals surface area contributed by atoms with E-state index in [1.54, 1.807) is 18.6 Å². The van der Waals surface area contributed by atoms with Crippen LogP contribution >= 0.6 is 0 Å². The highest BCUT2D eigenvalue weighted by molar-refractivity contribution is 5.75. The Balaban J connectivity index is 1.43. The zero-order valence-electron chi connectivity index (χ0n) is 16.1. The van der Waals surface area contributed by atoms with E-state index in [2.05, 4.69) is 19.8 Å². The topological polar surface area (TPSA) is 72.8 Å². The van der Waals surface area contributed by atoms with Crippen molar-refractivity contribution in [2.24, 2.45) is 0 Å². The first kappa shape index (κ1) is 18.7. The molecule has 2 saturated heterocycles. The number of nitrogens with zero attached hydrogens (tertiary/aromatic N) is 5. The van der Waals surface area contributed by atoms with Gasteiger partial charge < -0.3 is 14.9 Å². The summed E-state index contributed by atoms with van der Waals surface area (Å²) < 4.78 is 0. The molecule has 2 aliphatic rings. The van der Waals surface area contributed by atoms with Gasteiger partial charge in [-0.05, 0) is 43.0 Å². The van der Waals surface area contributed by atoms with Crippen LogP contribution in [0.1, 0.15) is 30.9 Å². The fourth-order valence-electron chi connectivity index (χ4n) is 4.17. The summed E-state index contributed by atoms with van der Waals surface area (Å²) in [6, 6.07) is 7.25. The van der Waals surface area contributed by atoms with Crippen LogP contribution in [0.25, 0.3) is 0 Å². The van der Waals surface area contributed by atoms with Crippen molar-refractivity contribution < 1.29 is 9.90 Å². The molecule has 0 aliphatic carbocycles. The van der Waals surface area contributed by atoms with Gasteiger partial charge in [0.15, 0.2) is 0 Å². The maximum atomic E-state index is 12.0. The van der Waals surface area contributed by atoms with E-state index in [1.807, 2.05) is 29.2 Å². The van der Waals surface area contributed by atoms with E-state index in [0.29, 0.717) is 13.1 Å². The van der Waals surface area contributed by atoms with Crippen molar-refractivity contribution in [2.45, 2.75) is 25.3 Å². The number of anilines is 2. The largest absolute Gasteiger partial charge is 0.480 e. The summed E-state index contributed by atoms with van der Waals surface area (Å²) in [5, 5.41) is 9.88. The fraction of sp³-hybridized carbons (Fsp3) is 0.476. The van der Waals surface area contributed by atoms with Crippen molar-refractivity contribution in [1.82, 2.24) is 14.9 Å². The zero-order chi connectivity index (χ0) is 19.3. The Hall–Kier alpha value is -2.67. The predicted molar refractivity (Wildman–Crippen MR) is 109 cm³/mol. The molecule has 1 N–H and O–H groups in total. The standard InChI is InChI=1S/C21H27N5O2/c27-21(28)20(17-4-5-19(23-16-17)25-10-2-1-3-11-25)26-14-12-24(13-15-26)18-6-8-22-9-7-18/h4-9,16,20H,1-3,10-15H2,(H,27,28)/t20-/m0/s1. The normalized spacial score (nSPS) is 19.4. The average Bonchev–Trinajstić information content (AvgIpc) is 2.76. The minimum Gasteiger partial charge on any atom is -0.480 e. The van der Waals surface area contributed by atoms with Crippen LogP contribution in [0.2, 0.25) is 0 Å². The van der Waals surface area contributed by atoms with Crippen molar-refractivity contribution in [3.05, 3.63) is 48.4 Å². The summed E-state index contributed by atoms with van der Waals surface area (Å²) in [7, 11) is 0. The number of piperidine rings is 1. The van der Waals surface area contributed by atoms with Gasteiger partial charge >= 0.3 is 5.97 Å². The number of aliphatic carboxylic acids is 1. The number of carbonyl (C=O) groups is 1. The second-order valence-corrected chi connectivity index (χ2v) is 7.47. The monoisotopic (exact) mass is 381 g/mol. The zero-order valence-corrected chi connectivity index (χ0v) is 16.1. The molecule has 0 saturated carbocycles. The first-order chi connectivity index (χ1) is 13.7. The van der Waals surface area contributed by atoms with Crippen LogP contribution in [-0.4, -0.2) is 65.2 Å². The summed E-state index contributed by atoms with van der Waals surface area (Å²) in [6.07, 6.45) is 9.00. The Kier molecular flexibility index (Phi) is 5.71. The molecule has 4 rings (SSSR count). The van der Waals surface area contributed by atoms with E-state index in [1.165, 1.54) is 19.3 Å². The van der Waals surface area contributed by atoms with Gasteiger partial charge in [-0.25, -0.2) is 4.98 Å². The molecule has 2 aromatic heterocycles. The maximum Gasteiger partial charge on any atom is 0.325 e. The summed E-state index contributed by atoms with van der Waals surface area (Å²) in [4.78, 5) is 27.3. The number of hydrogen-bond acceptors (Lipinski definition) is 6. The smallest absolute Gasteiger partial charge is 0.325 e. The summed E-state index contributed by atoms with van der Waals surface area (Å²) in [5.41, 5.74) is 1.89. The van der Waals surface area contributed by atoms with Crippen molar-refractivity contribution in [1.29, 1.82) is 0 Å². The van der Waals surface area contributed by atoms with E-state index in [-0.39, 0.29) is 0 Å². The Labute approximate surface area is 165 Å². The molecule has 0 bridgehead atoms. The highest BCUT2D eigenvalue weighted by atomic mass is 16.4. The van der Waals surface area contributed by atoms with Gasteiger partial charge in [-0.15, -0.1) is 0 Å². The lowest BCUT2D eigenvalue weighted by molar-refractivity contribution is -0.143. The number of hydrogen-bond donors (Lipinski definition) is 1. The van der Waals surface area contributed by atoms with Crippen LogP contribution in [0.15, 0.2) is 42.9 Å². The van der Waals surface area contributed by atoms with Gasteiger partial charge in [-0.1, -0.05) is 6.07 Å². The SMILES string of the molecule is O=C(O)[C@H](c1ccc(N2CCCCC2)nc1)N1CCN(c2ccncc2)CC1. The number of piperazine rings is 1. The lowest BCUT2D eigenvalue weighted by Gasteiger charge is -2.38. The van der Waals surface area contributed by atoms with Crippen molar-refractivity contribution >= 4 is 17.5 Å². The summed E-state index contributed by atoms with van der Waals surface area (Å²) in [6.45, 7) is 5.07. The molecule has 2 fully saturated rings. The van der Waals surface area contributed by atoms with Crippen LogP contribution in [0.5, 0.6) is 0 Å². The average molecular weight is 381 g/mol. The number of rotatable bonds is 5. The van der Waals surface area contributed by atoms with Gasteiger partial charge in [0.25, 0.3) is 0 Å². The third-order valence-corrected chi connectivity index (χ3v) is 5.71. The number of aromatic nitrogens is 2. The minimum absolute atomic E-state index is 0.650. The Morgan fingerprint density at radius 1 is 0.893 bits per heavy atom. The quantitative estimate of drug-likeness (QED) is 0.853. The Morgan fingerprint density at radius 3 is 2.21 bits per heavy atom. The van der Waals surface area contributed by atoms with E-state index in [4.69, 9.17) is 0 Å². The Bertz CT molecular complexity index is 769. The van der Waals surface area contributed by atoms with Gasteiger partial charge in [0.1, 0.15) is 11.9 Å². The summed E-state index contributed by atoms with van der Waals surface area (Å²) in [5.74, 6) is 0.139. The molecular weight excluding hydrogens is 354 g/mol. The second kappa shape index (κ2) is 8.56. The second-order valence-electron chi connectivity index (χ2n) is 7.47. The van der Waals surface area contributed by atoms with Crippen molar-refractivity contribution in [2.75, 3.05) is 49.1 Å². The fourth-order valence-corrected chi connectivity index (χ4v) is 4.17. The maximum absolute atomic E-state index is 12.0. The predicted octanol–water partition coefficient (Wildman–Crippen LogP) is 2.41. The van der Waals surface area contributed by atoms with Gasteiger partial charge in [-0.2, -0.15) is 0 Å². The molecule has 7 heteroatoms. The first-order valence-corrected chi connectivity index (χ1v) is 10.0. The molecule has 0 aromatic carbocycles. The Morgan fingerprint density at radius 2 is 1.61 bits per heavy atom. The molecule has 2 aromatic rings.